The Hall–Kier alpha value is 0.870. The molecule has 0 unspecified atom stereocenters. The van der Waals surface area contributed by atoms with Crippen LogP contribution in [-0.2, 0) is 10.4 Å². The Morgan fingerprint density at radius 2 is 0.326 bits per heavy atom. The first-order valence-corrected chi connectivity index (χ1v) is 21.8. The molecule has 0 radical (unpaired) electrons. The average Bonchev–Trinajstić information content (AvgIpc) is 3.00. The van der Waals surface area contributed by atoms with Crippen LogP contribution in [0.1, 0.15) is 261 Å². The quantitative estimate of drug-likeness (QED) is 0.0487. The second kappa shape index (κ2) is 61.1. The van der Waals surface area contributed by atoms with E-state index < -0.39 is 10.4 Å². The van der Waals surface area contributed by atoms with E-state index in [1.165, 1.54) is 205 Å². The third kappa shape index (κ3) is 104. The summed E-state index contributed by atoms with van der Waals surface area (Å²) in [6.07, 6.45) is 45.8. The molecule has 0 heterocycles. The van der Waals surface area contributed by atoms with E-state index in [0.29, 0.717) is 0 Å². The first-order chi connectivity index (χ1) is 21.7. The Kier molecular flexibility index (Phi) is 78.5. The molecule has 0 aromatic heterocycles. The van der Waals surface area contributed by atoms with Gasteiger partial charge in [-0.15, -0.1) is 0 Å². The van der Waals surface area contributed by atoms with Crippen LogP contribution < -0.4 is 0 Å². The maximum absolute atomic E-state index is 8.74. The minimum absolute atomic E-state index is 0. The van der Waals surface area contributed by atoms with Crippen molar-refractivity contribution in [1.29, 1.82) is 0 Å². The summed E-state index contributed by atoms with van der Waals surface area (Å²) in [6.45, 7) is 18.2. The van der Waals surface area contributed by atoms with Gasteiger partial charge < -0.3 is 0 Å². The van der Waals surface area contributed by atoms with E-state index in [0.717, 1.165) is 0 Å². The van der Waals surface area contributed by atoms with Gasteiger partial charge in [-0.25, -0.2) is 0 Å². The van der Waals surface area contributed by atoms with Crippen LogP contribution in [0.5, 0.6) is 0 Å². The molecule has 282 valence electrons. The molecule has 0 atom stereocenters. The van der Waals surface area contributed by atoms with Crippen LogP contribution in [-0.4, -0.2) is 47.1 Å². The second-order valence-electron chi connectivity index (χ2n) is 12.9. The molecule has 0 saturated heterocycles. The third-order valence-electron chi connectivity index (χ3n) is 7.83. The van der Waals surface area contributed by atoms with Crippen LogP contribution in [0, 0.1) is 0 Å². The predicted octanol–water partition coefficient (Wildman–Crippen LogP) is 15.3. The molecule has 0 spiro atoms. The Labute approximate surface area is 316 Å². The summed E-state index contributed by atoms with van der Waals surface area (Å²) >= 11 is 0. The fraction of sp³-hybridized carbons (Fsp3) is 1.00. The van der Waals surface area contributed by atoms with E-state index in [2.05, 4.69) is 55.4 Å². The maximum atomic E-state index is 8.74. The zero-order valence-corrected chi connectivity index (χ0v) is 33.6. The predicted molar refractivity (Wildman–Crippen MR) is 214 cm³/mol. The molecule has 0 amide bonds. The molecule has 2 N–H and O–H groups in total. The van der Waals surface area contributed by atoms with Gasteiger partial charge in [-0.3, -0.25) is 9.11 Å². The van der Waals surface area contributed by atoms with E-state index in [1.807, 2.05) is 0 Å². The molecule has 0 bridgehead atoms. The number of rotatable bonds is 28. The van der Waals surface area contributed by atoms with Crippen LogP contribution in [0.2, 0.25) is 0 Å². The van der Waals surface area contributed by atoms with Crippen molar-refractivity contribution < 1.29 is 17.5 Å². The third-order valence-corrected chi connectivity index (χ3v) is 7.83. The second-order valence-corrected chi connectivity index (χ2v) is 13.8. The van der Waals surface area contributed by atoms with Crippen molar-refractivity contribution in [3.63, 3.8) is 0 Å². The zero-order valence-electron chi connectivity index (χ0n) is 32.7. The Bertz CT molecular complexity index is 425. The Balaban J connectivity index is -0.000000110. The van der Waals surface area contributed by atoms with Crippen molar-refractivity contribution in [1.82, 2.24) is 0 Å². The molecule has 0 aliphatic heterocycles. The molecule has 0 aromatic carbocycles. The van der Waals surface area contributed by atoms with Gasteiger partial charge in [-0.2, -0.15) is 8.42 Å². The van der Waals surface area contributed by atoms with Gasteiger partial charge in [0.25, 0.3) is 0 Å². The summed E-state index contributed by atoms with van der Waals surface area (Å²) < 4.78 is 31.6. The van der Waals surface area contributed by atoms with Gasteiger partial charge >= 0.3 is 40.0 Å². The number of unbranched alkanes of at least 4 members (excludes halogenated alkanes) is 28. The number of hydrogen-bond donors (Lipinski definition) is 2. The minimum atomic E-state index is -4.67. The van der Waals surface area contributed by atoms with Crippen molar-refractivity contribution in [3.8, 4) is 0 Å². The van der Waals surface area contributed by atoms with Gasteiger partial charge in [-0.1, -0.05) is 261 Å². The number of hydrogen-bond acceptors (Lipinski definition) is 2. The fourth-order valence-corrected chi connectivity index (χ4v) is 4.83. The first-order valence-electron chi connectivity index (χ1n) is 20.4. The normalized spacial score (nSPS) is 10.1. The van der Waals surface area contributed by atoms with Gasteiger partial charge in [0, 0.05) is 0 Å². The van der Waals surface area contributed by atoms with E-state index >= 15 is 0 Å². The Morgan fingerprint density at radius 1 is 0.261 bits per heavy atom. The topological polar surface area (TPSA) is 74.6 Å². The van der Waals surface area contributed by atoms with E-state index in [9.17, 15) is 0 Å². The zero-order chi connectivity index (χ0) is 35.1. The van der Waals surface area contributed by atoms with Gasteiger partial charge in [0.15, 0.2) is 0 Å². The summed E-state index contributed by atoms with van der Waals surface area (Å²) in [5.41, 5.74) is 0. The van der Waals surface area contributed by atoms with Crippen LogP contribution in [0.15, 0.2) is 0 Å². The van der Waals surface area contributed by atoms with E-state index in [1.54, 1.807) is 0 Å². The molecule has 46 heavy (non-hydrogen) atoms. The van der Waals surface area contributed by atoms with Gasteiger partial charge in [0.1, 0.15) is 0 Å². The van der Waals surface area contributed by atoms with Crippen LogP contribution >= 0.6 is 0 Å². The van der Waals surface area contributed by atoms with Crippen LogP contribution in [0.4, 0.5) is 0 Å². The molecule has 6 heteroatoms. The molecule has 0 aliphatic carbocycles. The molecular weight excluding hydrogens is 599 g/mol. The van der Waals surface area contributed by atoms with E-state index in [4.69, 9.17) is 17.5 Å². The summed E-state index contributed by atoms with van der Waals surface area (Å²) in [5, 5.41) is 0. The van der Waals surface area contributed by atoms with Crippen molar-refractivity contribution in [2.24, 2.45) is 0 Å². The summed E-state index contributed by atoms with van der Waals surface area (Å²) in [4.78, 5) is 0. The van der Waals surface area contributed by atoms with Gasteiger partial charge in [-0.05, 0) is 0 Å². The molecule has 0 aromatic rings. The summed E-state index contributed by atoms with van der Waals surface area (Å²) in [6, 6.07) is 0. The standard InChI is InChI=1S/4C10H22.Na.H2O4S.H/c4*1-3-5-7-9-10-8-6-4-2;;1-5(2,3)4;/h4*3-10H2,1-2H3;;(H2,1,2,3,4);. The molecule has 4 nitrogen and oxygen atoms in total. The van der Waals surface area contributed by atoms with Crippen LogP contribution in [0.3, 0.4) is 0 Å². The van der Waals surface area contributed by atoms with E-state index in [-0.39, 0.29) is 29.6 Å². The van der Waals surface area contributed by atoms with Gasteiger partial charge in [0.05, 0.1) is 0 Å². The average molecular weight is 691 g/mol. The van der Waals surface area contributed by atoms with Crippen molar-refractivity contribution >= 4 is 40.0 Å². The van der Waals surface area contributed by atoms with Crippen molar-refractivity contribution in [3.05, 3.63) is 0 Å². The molecular formula is C40H91NaO4S. The fourth-order valence-electron chi connectivity index (χ4n) is 4.83. The van der Waals surface area contributed by atoms with Crippen molar-refractivity contribution in [2.75, 3.05) is 0 Å². The summed E-state index contributed by atoms with van der Waals surface area (Å²) in [5.74, 6) is 0. The molecule has 0 rings (SSSR count). The van der Waals surface area contributed by atoms with Crippen molar-refractivity contribution in [2.45, 2.75) is 261 Å². The Morgan fingerprint density at radius 3 is 0.391 bits per heavy atom. The molecule has 0 saturated carbocycles. The molecule has 0 aliphatic rings. The monoisotopic (exact) mass is 691 g/mol. The van der Waals surface area contributed by atoms with Gasteiger partial charge in [0.2, 0.25) is 0 Å². The first kappa shape index (κ1) is 59.0. The van der Waals surface area contributed by atoms with Crippen LogP contribution in [0.25, 0.3) is 0 Å². The molecule has 0 fully saturated rings. The SMILES string of the molecule is CCCCCCCCCC.CCCCCCCCCC.CCCCCCCCCC.CCCCCCCCCC.O=S(=O)(O)O.[NaH]. The summed E-state index contributed by atoms with van der Waals surface area (Å²) in [7, 11) is -4.67.